The van der Waals surface area contributed by atoms with E-state index in [-0.39, 0.29) is 11.4 Å². The minimum atomic E-state index is -0.732. The Kier molecular flexibility index (Phi) is 5.07. The number of benzene rings is 2. The fourth-order valence-corrected chi connectivity index (χ4v) is 2.29. The molecule has 26 heavy (non-hydrogen) atoms. The van der Waals surface area contributed by atoms with Gasteiger partial charge >= 0.3 is 0 Å². The Balaban J connectivity index is 1.79. The molecule has 0 unspecified atom stereocenters. The first kappa shape index (κ1) is 17.3. The van der Waals surface area contributed by atoms with Gasteiger partial charge in [-0.3, -0.25) is 9.78 Å². The van der Waals surface area contributed by atoms with Crippen molar-refractivity contribution < 1.29 is 18.3 Å². The first-order valence-electron chi connectivity index (χ1n) is 7.69. The van der Waals surface area contributed by atoms with Gasteiger partial charge in [0.1, 0.15) is 28.8 Å². The molecule has 1 aromatic heterocycles. The Morgan fingerprint density at radius 3 is 2.46 bits per heavy atom. The third-order valence-electron chi connectivity index (χ3n) is 3.55. The lowest BCUT2D eigenvalue weighted by atomic mass is 10.2. The highest BCUT2D eigenvalue weighted by atomic mass is 19.1. The van der Waals surface area contributed by atoms with E-state index < -0.39 is 17.5 Å². The molecule has 0 spiro atoms. The quantitative estimate of drug-likeness (QED) is 0.714. The van der Waals surface area contributed by atoms with Crippen LogP contribution in [0, 0.1) is 11.6 Å². The summed E-state index contributed by atoms with van der Waals surface area (Å²) in [7, 11) is 1.53. The molecule has 0 saturated heterocycles. The van der Waals surface area contributed by atoms with Gasteiger partial charge in [-0.2, -0.15) is 0 Å². The van der Waals surface area contributed by atoms with Gasteiger partial charge in [-0.15, -0.1) is 0 Å². The SMILES string of the molecule is COc1cccc(NC(=O)c2cc(Nc3c(F)cccc3F)ccn2)c1. The zero-order valence-corrected chi connectivity index (χ0v) is 13.8. The molecule has 2 aromatic carbocycles. The Morgan fingerprint density at radius 2 is 1.73 bits per heavy atom. The van der Waals surface area contributed by atoms with Crippen LogP contribution < -0.4 is 15.4 Å². The molecule has 1 heterocycles. The molecular weight excluding hydrogens is 340 g/mol. The molecule has 0 atom stereocenters. The molecule has 0 aliphatic heterocycles. The maximum Gasteiger partial charge on any atom is 0.274 e. The predicted molar refractivity (Wildman–Crippen MR) is 94.8 cm³/mol. The van der Waals surface area contributed by atoms with E-state index in [9.17, 15) is 13.6 Å². The second-order valence-corrected chi connectivity index (χ2v) is 5.34. The number of carbonyl (C=O) groups excluding carboxylic acids is 1. The number of methoxy groups -OCH3 is 1. The summed E-state index contributed by atoms with van der Waals surface area (Å²) in [6.45, 7) is 0. The van der Waals surface area contributed by atoms with Crippen molar-refractivity contribution in [2.24, 2.45) is 0 Å². The van der Waals surface area contributed by atoms with Gasteiger partial charge in [0.05, 0.1) is 7.11 Å². The van der Waals surface area contributed by atoms with Crippen molar-refractivity contribution in [3.05, 3.63) is 78.1 Å². The number of amides is 1. The normalized spacial score (nSPS) is 10.3. The number of nitrogens with one attached hydrogen (secondary N) is 2. The average Bonchev–Trinajstić information content (AvgIpc) is 2.65. The third kappa shape index (κ3) is 3.94. The van der Waals surface area contributed by atoms with Crippen molar-refractivity contribution in [2.75, 3.05) is 17.7 Å². The van der Waals surface area contributed by atoms with E-state index in [1.807, 2.05) is 0 Å². The topological polar surface area (TPSA) is 63.2 Å². The summed E-state index contributed by atoms with van der Waals surface area (Å²) in [5, 5.41) is 5.32. The largest absolute Gasteiger partial charge is 0.497 e. The van der Waals surface area contributed by atoms with Gasteiger partial charge in [0.2, 0.25) is 0 Å². The fourth-order valence-electron chi connectivity index (χ4n) is 2.29. The van der Waals surface area contributed by atoms with Crippen LogP contribution in [0.25, 0.3) is 0 Å². The maximum atomic E-state index is 13.7. The second kappa shape index (κ2) is 7.60. The maximum absolute atomic E-state index is 13.7. The van der Waals surface area contributed by atoms with Gasteiger partial charge in [0, 0.05) is 23.6 Å². The van der Waals surface area contributed by atoms with E-state index >= 15 is 0 Å². The van der Waals surface area contributed by atoms with Crippen LogP contribution in [0.5, 0.6) is 5.75 Å². The molecule has 0 aliphatic carbocycles. The number of ether oxygens (including phenoxy) is 1. The van der Waals surface area contributed by atoms with Crippen LogP contribution in [-0.4, -0.2) is 18.0 Å². The Labute approximate surface area is 148 Å². The number of hydrogen-bond acceptors (Lipinski definition) is 4. The van der Waals surface area contributed by atoms with Crippen LogP contribution in [0.4, 0.5) is 25.8 Å². The molecule has 3 rings (SSSR count). The molecule has 0 aliphatic rings. The van der Waals surface area contributed by atoms with Crippen molar-refractivity contribution >= 4 is 23.0 Å². The number of aromatic nitrogens is 1. The van der Waals surface area contributed by atoms with Crippen molar-refractivity contribution in [2.45, 2.75) is 0 Å². The summed E-state index contributed by atoms with van der Waals surface area (Å²) in [5.74, 6) is -1.33. The van der Waals surface area contributed by atoms with Crippen LogP contribution in [0.2, 0.25) is 0 Å². The summed E-state index contributed by atoms with van der Waals surface area (Å²) in [4.78, 5) is 16.4. The van der Waals surface area contributed by atoms with Crippen LogP contribution >= 0.6 is 0 Å². The Morgan fingerprint density at radius 1 is 1.00 bits per heavy atom. The highest BCUT2D eigenvalue weighted by Gasteiger charge is 2.12. The van der Waals surface area contributed by atoms with Gasteiger partial charge < -0.3 is 15.4 Å². The molecule has 2 N–H and O–H groups in total. The zero-order valence-electron chi connectivity index (χ0n) is 13.8. The van der Waals surface area contributed by atoms with Crippen molar-refractivity contribution in [3.63, 3.8) is 0 Å². The Hall–Kier alpha value is -3.48. The zero-order chi connectivity index (χ0) is 18.5. The summed E-state index contributed by atoms with van der Waals surface area (Å²) in [6, 6.07) is 13.3. The molecule has 0 radical (unpaired) electrons. The molecule has 3 aromatic rings. The molecular formula is C19H15F2N3O2. The summed E-state index contributed by atoms with van der Waals surface area (Å²) in [5.41, 5.74) is 0.668. The lowest BCUT2D eigenvalue weighted by molar-refractivity contribution is 0.102. The molecule has 7 heteroatoms. The van der Waals surface area contributed by atoms with Gasteiger partial charge in [0.15, 0.2) is 0 Å². The minimum Gasteiger partial charge on any atom is -0.497 e. The standard InChI is InChI=1S/C19H15F2N3O2/c1-26-14-5-2-4-12(10-14)24-19(25)17-11-13(8-9-22-17)23-18-15(20)6-3-7-16(18)21/h2-11H,1H3,(H,22,23)(H,24,25). The smallest absolute Gasteiger partial charge is 0.274 e. The van der Waals surface area contributed by atoms with E-state index in [1.165, 1.54) is 31.5 Å². The average molecular weight is 355 g/mol. The number of anilines is 3. The summed E-state index contributed by atoms with van der Waals surface area (Å²) >= 11 is 0. The number of hydrogen-bond donors (Lipinski definition) is 2. The van der Waals surface area contributed by atoms with Gasteiger partial charge in [0.25, 0.3) is 5.91 Å². The lowest BCUT2D eigenvalue weighted by Crippen LogP contribution is -2.14. The first-order chi connectivity index (χ1) is 12.6. The highest BCUT2D eigenvalue weighted by Crippen LogP contribution is 2.23. The van der Waals surface area contributed by atoms with Gasteiger partial charge in [-0.05, 0) is 36.4 Å². The molecule has 5 nitrogen and oxygen atoms in total. The molecule has 132 valence electrons. The van der Waals surface area contributed by atoms with Gasteiger partial charge in [-0.25, -0.2) is 8.78 Å². The second-order valence-electron chi connectivity index (χ2n) is 5.34. The van der Waals surface area contributed by atoms with Crippen LogP contribution in [-0.2, 0) is 0 Å². The fraction of sp³-hybridized carbons (Fsp3) is 0.0526. The van der Waals surface area contributed by atoms with Crippen molar-refractivity contribution in [1.82, 2.24) is 4.98 Å². The third-order valence-corrected chi connectivity index (χ3v) is 3.55. The number of nitrogens with zero attached hydrogens (tertiary/aromatic N) is 1. The van der Waals surface area contributed by atoms with E-state index in [0.29, 0.717) is 17.1 Å². The number of carbonyl (C=O) groups is 1. The summed E-state index contributed by atoms with van der Waals surface area (Å²) in [6.07, 6.45) is 1.38. The van der Waals surface area contributed by atoms with Crippen LogP contribution in [0.3, 0.4) is 0 Å². The van der Waals surface area contributed by atoms with Gasteiger partial charge in [-0.1, -0.05) is 12.1 Å². The monoisotopic (exact) mass is 355 g/mol. The predicted octanol–water partition coefficient (Wildman–Crippen LogP) is 4.36. The van der Waals surface area contributed by atoms with Crippen molar-refractivity contribution in [3.8, 4) is 5.75 Å². The Bertz CT molecular complexity index is 927. The van der Waals surface area contributed by atoms with E-state index in [1.54, 1.807) is 24.3 Å². The van der Waals surface area contributed by atoms with Crippen LogP contribution in [0.15, 0.2) is 60.8 Å². The van der Waals surface area contributed by atoms with E-state index in [4.69, 9.17) is 4.74 Å². The summed E-state index contributed by atoms with van der Waals surface area (Å²) < 4.78 is 32.6. The lowest BCUT2D eigenvalue weighted by Gasteiger charge is -2.10. The highest BCUT2D eigenvalue weighted by molar-refractivity contribution is 6.03. The van der Waals surface area contributed by atoms with Crippen LogP contribution in [0.1, 0.15) is 10.5 Å². The molecule has 0 bridgehead atoms. The van der Waals surface area contributed by atoms with E-state index in [0.717, 1.165) is 12.1 Å². The number of para-hydroxylation sites is 1. The van der Waals surface area contributed by atoms with E-state index in [2.05, 4.69) is 15.6 Å². The molecule has 1 amide bonds. The molecule has 0 fully saturated rings. The number of rotatable bonds is 5. The first-order valence-corrected chi connectivity index (χ1v) is 7.69. The number of halogens is 2. The minimum absolute atomic E-state index is 0.0922. The number of pyridine rings is 1. The van der Waals surface area contributed by atoms with Crippen molar-refractivity contribution in [1.29, 1.82) is 0 Å². The molecule has 0 saturated carbocycles.